The zero-order valence-corrected chi connectivity index (χ0v) is 19.9. The lowest BCUT2D eigenvalue weighted by molar-refractivity contribution is -0.154. The van der Waals surface area contributed by atoms with Crippen LogP contribution in [-0.4, -0.2) is 43.2 Å². The van der Waals surface area contributed by atoms with Gasteiger partial charge in [-0.2, -0.15) is 5.10 Å². The van der Waals surface area contributed by atoms with E-state index in [9.17, 15) is 18.7 Å². The number of anilines is 2. The lowest BCUT2D eigenvalue weighted by Gasteiger charge is -2.44. The Kier molecular flexibility index (Phi) is 6.23. The monoisotopic (exact) mass is 501 g/mol. The molecule has 184 valence electrons. The van der Waals surface area contributed by atoms with E-state index in [1.165, 1.54) is 18.2 Å². The Labute approximate surface area is 206 Å². The van der Waals surface area contributed by atoms with Crippen LogP contribution in [0.3, 0.4) is 0 Å². The summed E-state index contributed by atoms with van der Waals surface area (Å²) in [5.41, 5.74) is 0.320. The third-order valence-corrected chi connectivity index (χ3v) is 7.54. The zero-order valence-electron chi connectivity index (χ0n) is 19.2. The number of nitrogens with zero attached hydrogens (tertiary/aromatic N) is 3. The van der Waals surface area contributed by atoms with Crippen LogP contribution in [0.2, 0.25) is 5.02 Å². The first-order valence-electron chi connectivity index (χ1n) is 11.6. The van der Waals surface area contributed by atoms with E-state index in [0.717, 1.165) is 18.5 Å². The van der Waals surface area contributed by atoms with Crippen LogP contribution in [0, 0.1) is 24.0 Å². The normalized spacial score (nSPS) is 24.0. The van der Waals surface area contributed by atoms with Crippen molar-refractivity contribution in [2.24, 2.45) is 5.41 Å². The molecular weight excluding hydrogens is 476 g/mol. The van der Waals surface area contributed by atoms with E-state index in [4.69, 9.17) is 11.6 Å². The SMILES string of the molecule is Cc1cc(Nc2ccc(F)c(CC3(C(=O)O)CC4CCC(C3)N4Cc3cccc(Cl)c3F)n2)n[nH]1. The number of hydrogen-bond donors (Lipinski definition) is 3. The molecule has 0 radical (unpaired) electrons. The van der Waals surface area contributed by atoms with E-state index in [0.29, 0.717) is 36.6 Å². The van der Waals surface area contributed by atoms with E-state index < -0.39 is 23.0 Å². The van der Waals surface area contributed by atoms with Gasteiger partial charge in [0.2, 0.25) is 0 Å². The zero-order chi connectivity index (χ0) is 24.7. The molecule has 7 nitrogen and oxygen atoms in total. The van der Waals surface area contributed by atoms with Crippen molar-refractivity contribution < 1.29 is 18.7 Å². The second-order valence-corrected chi connectivity index (χ2v) is 10.0. The second-order valence-electron chi connectivity index (χ2n) is 9.63. The number of hydrogen-bond acceptors (Lipinski definition) is 5. The van der Waals surface area contributed by atoms with Gasteiger partial charge in [-0.15, -0.1) is 0 Å². The number of aromatic amines is 1. The summed E-state index contributed by atoms with van der Waals surface area (Å²) in [4.78, 5) is 19.2. The smallest absolute Gasteiger partial charge is 0.310 e. The number of carboxylic acids is 1. The predicted octanol–water partition coefficient (Wildman–Crippen LogP) is 5.23. The number of nitrogens with one attached hydrogen (secondary N) is 2. The molecule has 0 saturated carbocycles. The Balaban J connectivity index is 1.37. The van der Waals surface area contributed by atoms with Crippen LogP contribution in [0.5, 0.6) is 0 Å². The Bertz CT molecular complexity index is 1250. The maximum Gasteiger partial charge on any atom is 0.310 e. The van der Waals surface area contributed by atoms with Crippen molar-refractivity contribution in [3.8, 4) is 0 Å². The van der Waals surface area contributed by atoms with Gasteiger partial charge in [0, 0.05) is 42.4 Å². The Hall–Kier alpha value is -3.04. The van der Waals surface area contributed by atoms with E-state index in [-0.39, 0.29) is 29.2 Å². The van der Waals surface area contributed by atoms with Crippen LogP contribution in [0.1, 0.15) is 42.6 Å². The number of aromatic nitrogens is 3. The Morgan fingerprint density at radius 2 is 1.97 bits per heavy atom. The third-order valence-electron chi connectivity index (χ3n) is 7.25. The molecule has 2 atom stereocenters. The Morgan fingerprint density at radius 3 is 2.63 bits per heavy atom. The molecule has 10 heteroatoms. The van der Waals surface area contributed by atoms with Crippen LogP contribution in [0.25, 0.3) is 0 Å². The molecule has 2 aliphatic rings. The summed E-state index contributed by atoms with van der Waals surface area (Å²) in [5.74, 6) is -0.993. The molecular formula is C25H26ClF2N5O2. The molecule has 2 aliphatic heterocycles. The molecule has 35 heavy (non-hydrogen) atoms. The third kappa shape index (κ3) is 4.62. The highest BCUT2D eigenvalue weighted by Gasteiger charge is 2.52. The van der Waals surface area contributed by atoms with Gasteiger partial charge in [0.05, 0.1) is 16.1 Å². The van der Waals surface area contributed by atoms with Gasteiger partial charge < -0.3 is 10.4 Å². The molecule has 5 rings (SSSR count). The molecule has 2 unspecified atom stereocenters. The standard InChI is InChI=1S/C25H26ClF2N5O2/c1-14-9-22(32-31-14)30-21-8-7-19(27)20(29-21)12-25(24(34)35)10-16-5-6-17(11-25)33(16)13-15-3-2-4-18(26)23(15)28/h2-4,7-9,16-17H,5-6,10-13H2,1H3,(H,34,35)(H2,29,30,31,32). The predicted molar refractivity (Wildman–Crippen MR) is 128 cm³/mol. The van der Waals surface area contributed by atoms with Crippen LogP contribution in [0.15, 0.2) is 36.4 Å². The number of carbonyl (C=O) groups is 1. The number of pyridine rings is 1. The van der Waals surface area contributed by atoms with E-state index >= 15 is 0 Å². The highest BCUT2D eigenvalue weighted by molar-refractivity contribution is 6.30. The van der Waals surface area contributed by atoms with E-state index in [1.807, 2.05) is 6.92 Å². The highest BCUT2D eigenvalue weighted by atomic mass is 35.5. The molecule has 2 fully saturated rings. The molecule has 0 spiro atoms. The van der Waals surface area contributed by atoms with Crippen molar-refractivity contribution in [3.63, 3.8) is 0 Å². The average molecular weight is 502 g/mol. The van der Waals surface area contributed by atoms with E-state index in [2.05, 4.69) is 25.4 Å². The molecule has 0 aliphatic carbocycles. The highest BCUT2D eigenvalue weighted by Crippen LogP contribution is 2.48. The van der Waals surface area contributed by atoms with Crippen LogP contribution in [0.4, 0.5) is 20.4 Å². The van der Waals surface area contributed by atoms with Gasteiger partial charge in [-0.1, -0.05) is 23.7 Å². The first-order chi connectivity index (χ1) is 16.7. The van der Waals surface area contributed by atoms with E-state index in [1.54, 1.807) is 18.2 Å². The topological polar surface area (TPSA) is 94.1 Å². The van der Waals surface area contributed by atoms with Crippen LogP contribution < -0.4 is 5.32 Å². The van der Waals surface area contributed by atoms with Gasteiger partial charge in [-0.05, 0) is 50.8 Å². The number of piperidine rings is 1. The number of H-pyrrole nitrogens is 1. The number of halogens is 3. The van der Waals surface area contributed by atoms with Gasteiger partial charge in [-0.3, -0.25) is 14.8 Å². The van der Waals surface area contributed by atoms with Crippen molar-refractivity contribution in [1.82, 2.24) is 20.1 Å². The first-order valence-corrected chi connectivity index (χ1v) is 12.0. The van der Waals surface area contributed by atoms with Crippen molar-refractivity contribution in [2.45, 2.75) is 57.7 Å². The summed E-state index contributed by atoms with van der Waals surface area (Å²) in [6, 6.07) is 9.44. The number of benzene rings is 1. The summed E-state index contributed by atoms with van der Waals surface area (Å²) in [6.07, 6.45) is 2.31. The lowest BCUT2D eigenvalue weighted by Crippen LogP contribution is -2.51. The maximum absolute atomic E-state index is 14.8. The summed E-state index contributed by atoms with van der Waals surface area (Å²) >= 11 is 5.95. The summed E-state index contributed by atoms with van der Waals surface area (Å²) < 4.78 is 29.3. The lowest BCUT2D eigenvalue weighted by atomic mass is 9.71. The fraction of sp³-hybridized carbons (Fsp3) is 0.400. The molecule has 2 aromatic heterocycles. The molecule has 0 amide bonds. The van der Waals surface area contributed by atoms with Crippen molar-refractivity contribution in [2.75, 3.05) is 5.32 Å². The number of aliphatic carboxylic acids is 1. The van der Waals surface area contributed by atoms with Gasteiger partial charge in [0.15, 0.2) is 5.82 Å². The molecule has 2 bridgehead atoms. The van der Waals surface area contributed by atoms with Crippen molar-refractivity contribution >= 4 is 29.2 Å². The molecule has 1 aromatic carbocycles. The molecule has 3 aromatic rings. The number of aryl methyl sites for hydroxylation is 1. The number of carboxylic acid groups (broad SMARTS) is 1. The van der Waals surface area contributed by atoms with Gasteiger partial charge in [-0.25, -0.2) is 13.8 Å². The second kappa shape index (κ2) is 9.20. The quantitative estimate of drug-likeness (QED) is 0.410. The number of rotatable bonds is 7. The fourth-order valence-electron chi connectivity index (χ4n) is 5.57. The maximum atomic E-state index is 14.8. The summed E-state index contributed by atoms with van der Waals surface area (Å²) in [6.45, 7) is 2.23. The molecule has 4 heterocycles. The minimum Gasteiger partial charge on any atom is -0.481 e. The Morgan fingerprint density at radius 1 is 1.23 bits per heavy atom. The summed E-state index contributed by atoms with van der Waals surface area (Å²) in [7, 11) is 0. The van der Waals surface area contributed by atoms with Crippen LogP contribution in [-0.2, 0) is 17.8 Å². The summed E-state index contributed by atoms with van der Waals surface area (Å²) in [5, 5.41) is 20.3. The molecule has 2 saturated heterocycles. The molecule has 3 N–H and O–H groups in total. The number of fused-ring (bicyclic) bond motifs is 2. The van der Waals surface area contributed by atoms with Crippen molar-refractivity contribution in [1.29, 1.82) is 0 Å². The van der Waals surface area contributed by atoms with Crippen LogP contribution >= 0.6 is 11.6 Å². The van der Waals surface area contributed by atoms with Crippen molar-refractivity contribution in [3.05, 3.63) is 70.0 Å². The van der Waals surface area contributed by atoms with Gasteiger partial charge in [0.25, 0.3) is 0 Å². The average Bonchev–Trinajstić information content (AvgIpc) is 3.32. The largest absolute Gasteiger partial charge is 0.481 e. The fourth-order valence-corrected chi connectivity index (χ4v) is 5.76. The minimum absolute atomic E-state index is 0.0182. The van der Waals surface area contributed by atoms with Gasteiger partial charge in [0.1, 0.15) is 17.5 Å². The van der Waals surface area contributed by atoms with Gasteiger partial charge >= 0.3 is 5.97 Å². The minimum atomic E-state index is -1.15. The first kappa shape index (κ1) is 23.7.